The molecule has 1 saturated heterocycles. The van der Waals surface area contributed by atoms with Crippen molar-refractivity contribution in [2.75, 3.05) is 19.6 Å². The van der Waals surface area contributed by atoms with Crippen molar-refractivity contribution in [1.82, 2.24) is 10.2 Å². The van der Waals surface area contributed by atoms with Crippen LogP contribution in [0, 0.1) is 17.6 Å². The zero-order valence-corrected chi connectivity index (χ0v) is 16.9. The van der Waals surface area contributed by atoms with Crippen LogP contribution in [0.2, 0.25) is 0 Å². The molecule has 0 bridgehead atoms. The summed E-state index contributed by atoms with van der Waals surface area (Å²) in [6, 6.07) is 19.6. The minimum atomic E-state index is -0.468. The van der Waals surface area contributed by atoms with Crippen molar-refractivity contribution in [3.63, 3.8) is 0 Å². The summed E-state index contributed by atoms with van der Waals surface area (Å²) in [5.74, 6) is -1.59. The van der Waals surface area contributed by atoms with E-state index < -0.39 is 11.7 Å². The molecule has 1 N–H and O–H groups in total. The van der Waals surface area contributed by atoms with Gasteiger partial charge in [-0.3, -0.25) is 9.59 Å². The maximum atomic E-state index is 13.5. The van der Waals surface area contributed by atoms with Crippen LogP contribution >= 0.6 is 0 Å². The Morgan fingerprint density at radius 2 is 1.71 bits per heavy atom. The third-order valence-corrected chi connectivity index (χ3v) is 5.44. The van der Waals surface area contributed by atoms with E-state index in [4.69, 9.17) is 0 Å². The van der Waals surface area contributed by atoms with Crippen molar-refractivity contribution < 1.29 is 18.4 Å². The summed E-state index contributed by atoms with van der Waals surface area (Å²) in [4.78, 5) is 27.1. The smallest absolute Gasteiger partial charge is 0.254 e. The lowest BCUT2D eigenvalue weighted by Gasteiger charge is -2.23. The Bertz CT molecular complexity index is 1100. The molecule has 0 spiro atoms. The van der Waals surface area contributed by atoms with Crippen molar-refractivity contribution in [3.8, 4) is 11.1 Å². The molecular formula is C25H22F2N2O2. The molecule has 1 aliphatic rings. The second-order valence-electron chi connectivity index (χ2n) is 7.66. The molecule has 3 aromatic carbocycles. The lowest BCUT2D eigenvalue weighted by Crippen LogP contribution is -2.37. The number of halogens is 2. The van der Waals surface area contributed by atoms with Crippen LogP contribution in [-0.4, -0.2) is 36.3 Å². The zero-order valence-electron chi connectivity index (χ0n) is 16.9. The number of rotatable bonds is 4. The molecule has 1 fully saturated rings. The van der Waals surface area contributed by atoms with Crippen LogP contribution in [0.3, 0.4) is 0 Å². The Hall–Kier alpha value is -3.54. The van der Waals surface area contributed by atoms with Gasteiger partial charge in [0.15, 0.2) is 0 Å². The van der Waals surface area contributed by atoms with Gasteiger partial charge in [-0.05, 0) is 53.4 Å². The number of hydrogen-bond acceptors (Lipinski definition) is 2. The molecule has 3 aromatic rings. The minimum Gasteiger partial charge on any atom is -0.354 e. The van der Waals surface area contributed by atoms with E-state index in [1.165, 1.54) is 30.3 Å². The van der Waals surface area contributed by atoms with Gasteiger partial charge in [-0.1, -0.05) is 42.5 Å². The van der Waals surface area contributed by atoms with Crippen molar-refractivity contribution in [1.29, 1.82) is 0 Å². The molecule has 0 aliphatic carbocycles. The third kappa shape index (κ3) is 4.97. The molecule has 158 valence electrons. The Labute approximate surface area is 179 Å². The Kier molecular flexibility index (Phi) is 6.07. The van der Waals surface area contributed by atoms with Gasteiger partial charge < -0.3 is 10.2 Å². The van der Waals surface area contributed by atoms with Gasteiger partial charge in [-0.2, -0.15) is 0 Å². The molecule has 4 rings (SSSR count). The second-order valence-corrected chi connectivity index (χ2v) is 7.66. The van der Waals surface area contributed by atoms with E-state index in [1.807, 2.05) is 24.3 Å². The quantitative estimate of drug-likeness (QED) is 0.692. The van der Waals surface area contributed by atoms with Gasteiger partial charge in [0.05, 0.1) is 5.92 Å². The summed E-state index contributed by atoms with van der Waals surface area (Å²) in [6.45, 7) is 0.973. The van der Waals surface area contributed by atoms with Gasteiger partial charge in [0.1, 0.15) is 11.6 Å². The van der Waals surface area contributed by atoms with Crippen LogP contribution in [0.4, 0.5) is 8.78 Å². The van der Waals surface area contributed by atoms with Crippen molar-refractivity contribution in [3.05, 3.63) is 95.6 Å². The standard InChI is InChI=1S/C25H22F2N2O2/c26-22-9-7-18(8-10-22)19-4-1-3-17(13-19)14-21-16-29(12-11-28-24(21)30)25(31)20-5-2-6-23(27)15-20/h1-10,13,15,21H,11-12,14,16H2,(H,28,30). The highest BCUT2D eigenvalue weighted by molar-refractivity contribution is 5.95. The van der Waals surface area contributed by atoms with Gasteiger partial charge in [-0.15, -0.1) is 0 Å². The predicted molar refractivity (Wildman–Crippen MR) is 114 cm³/mol. The maximum Gasteiger partial charge on any atom is 0.254 e. The first kappa shape index (κ1) is 20.7. The monoisotopic (exact) mass is 420 g/mol. The summed E-state index contributed by atoms with van der Waals surface area (Å²) in [7, 11) is 0. The third-order valence-electron chi connectivity index (χ3n) is 5.44. The van der Waals surface area contributed by atoms with Gasteiger partial charge in [-0.25, -0.2) is 8.78 Å². The number of hydrogen-bond donors (Lipinski definition) is 1. The Morgan fingerprint density at radius 1 is 0.935 bits per heavy atom. The van der Waals surface area contributed by atoms with E-state index in [9.17, 15) is 18.4 Å². The van der Waals surface area contributed by atoms with E-state index in [0.29, 0.717) is 19.5 Å². The highest BCUT2D eigenvalue weighted by atomic mass is 19.1. The number of carbonyl (C=O) groups excluding carboxylic acids is 2. The van der Waals surface area contributed by atoms with Crippen molar-refractivity contribution in [2.24, 2.45) is 5.92 Å². The molecule has 1 atom stereocenters. The first-order valence-electron chi connectivity index (χ1n) is 10.2. The largest absolute Gasteiger partial charge is 0.354 e. The van der Waals surface area contributed by atoms with Crippen LogP contribution < -0.4 is 5.32 Å². The predicted octanol–water partition coefficient (Wildman–Crippen LogP) is 4.06. The fraction of sp³-hybridized carbons (Fsp3) is 0.200. The number of benzene rings is 3. The molecule has 0 radical (unpaired) electrons. The summed E-state index contributed by atoms with van der Waals surface area (Å²) in [6.07, 6.45) is 0.452. The fourth-order valence-corrected chi connectivity index (χ4v) is 3.85. The number of nitrogens with one attached hydrogen (secondary N) is 1. The van der Waals surface area contributed by atoms with Crippen LogP contribution in [-0.2, 0) is 11.2 Å². The summed E-state index contributed by atoms with van der Waals surface area (Å²) >= 11 is 0. The lowest BCUT2D eigenvalue weighted by molar-refractivity contribution is -0.124. The number of amides is 2. The minimum absolute atomic E-state index is 0.110. The maximum absolute atomic E-state index is 13.5. The van der Waals surface area contributed by atoms with Gasteiger partial charge >= 0.3 is 0 Å². The molecule has 0 aromatic heterocycles. The molecular weight excluding hydrogens is 398 g/mol. The first-order chi connectivity index (χ1) is 15.0. The van der Waals surface area contributed by atoms with Gasteiger partial charge in [0.2, 0.25) is 5.91 Å². The van der Waals surface area contributed by atoms with E-state index in [1.54, 1.807) is 23.1 Å². The molecule has 1 heterocycles. The van der Waals surface area contributed by atoms with Gasteiger partial charge in [0, 0.05) is 25.2 Å². The summed E-state index contributed by atoms with van der Waals surface area (Å²) < 4.78 is 26.8. The SMILES string of the molecule is O=C1NCCN(C(=O)c2cccc(F)c2)CC1Cc1cccc(-c2ccc(F)cc2)c1. The van der Waals surface area contributed by atoms with Gasteiger partial charge in [0.25, 0.3) is 5.91 Å². The second kappa shape index (κ2) is 9.08. The van der Waals surface area contributed by atoms with E-state index in [0.717, 1.165) is 16.7 Å². The Morgan fingerprint density at radius 3 is 2.48 bits per heavy atom. The average Bonchev–Trinajstić information content (AvgIpc) is 2.95. The molecule has 6 heteroatoms. The molecule has 4 nitrogen and oxygen atoms in total. The first-order valence-corrected chi connectivity index (χ1v) is 10.2. The van der Waals surface area contributed by atoms with Crippen LogP contribution in [0.25, 0.3) is 11.1 Å². The van der Waals surface area contributed by atoms with Crippen LogP contribution in [0.15, 0.2) is 72.8 Å². The molecule has 31 heavy (non-hydrogen) atoms. The molecule has 0 saturated carbocycles. The molecule has 1 aliphatic heterocycles. The van der Waals surface area contributed by atoms with Crippen LogP contribution in [0.5, 0.6) is 0 Å². The topological polar surface area (TPSA) is 49.4 Å². The number of carbonyl (C=O) groups is 2. The summed E-state index contributed by atoms with van der Waals surface area (Å²) in [5.41, 5.74) is 3.03. The number of nitrogens with zero attached hydrogens (tertiary/aromatic N) is 1. The lowest BCUT2D eigenvalue weighted by atomic mass is 9.95. The highest BCUT2D eigenvalue weighted by Crippen LogP contribution is 2.23. The van der Waals surface area contributed by atoms with Crippen molar-refractivity contribution >= 4 is 11.8 Å². The average molecular weight is 420 g/mol. The zero-order chi connectivity index (χ0) is 21.8. The normalized spacial score (nSPS) is 16.5. The van der Waals surface area contributed by atoms with E-state index in [2.05, 4.69) is 5.32 Å². The fourth-order valence-electron chi connectivity index (χ4n) is 3.85. The molecule has 1 unspecified atom stereocenters. The molecule has 2 amide bonds. The Balaban J connectivity index is 1.53. The van der Waals surface area contributed by atoms with Crippen molar-refractivity contribution in [2.45, 2.75) is 6.42 Å². The van der Waals surface area contributed by atoms with Crippen LogP contribution in [0.1, 0.15) is 15.9 Å². The van der Waals surface area contributed by atoms with E-state index in [-0.39, 0.29) is 29.7 Å². The summed E-state index contributed by atoms with van der Waals surface area (Å²) in [5, 5.41) is 2.87. The van der Waals surface area contributed by atoms with E-state index >= 15 is 0 Å². The highest BCUT2D eigenvalue weighted by Gasteiger charge is 2.28.